The van der Waals surface area contributed by atoms with Gasteiger partial charge < -0.3 is 9.88 Å². The molecule has 0 bridgehead atoms. The number of carbonyl (C=O) groups is 1. The van der Waals surface area contributed by atoms with E-state index in [0.29, 0.717) is 21.3 Å². The molecule has 0 atom stereocenters. The standard InChI is InChI=1S/C11H11ClN4OS/c1-16-9(14-15-11(16)18)6-10(17)13-8-4-2-7(12)3-5-8/h2-5H,6H2,1H3,(H,13,17)(H,15,18). The summed E-state index contributed by atoms with van der Waals surface area (Å²) in [5.41, 5.74) is 0.696. The highest BCUT2D eigenvalue weighted by atomic mass is 35.5. The number of nitrogens with zero attached hydrogens (tertiary/aromatic N) is 2. The number of amides is 1. The van der Waals surface area contributed by atoms with Gasteiger partial charge in [0.25, 0.3) is 0 Å². The maximum Gasteiger partial charge on any atom is 0.232 e. The van der Waals surface area contributed by atoms with E-state index in [4.69, 9.17) is 23.8 Å². The van der Waals surface area contributed by atoms with Gasteiger partial charge in [0.1, 0.15) is 5.82 Å². The van der Waals surface area contributed by atoms with Crippen LogP contribution in [0.1, 0.15) is 5.82 Å². The number of carbonyl (C=O) groups excluding carboxylic acids is 1. The monoisotopic (exact) mass is 282 g/mol. The van der Waals surface area contributed by atoms with Crippen molar-refractivity contribution < 1.29 is 4.79 Å². The van der Waals surface area contributed by atoms with E-state index in [2.05, 4.69) is 15.5 Å². The number of aromatic amines is 1. The molecule has 1 amide bonds. The number of H-pyrrole nitrogens is 1. The minimum atomic E-state index is -0.158. The number of rotatable bonds is 3. The van der Waals surface area contributed by atoms with Crippen LogP contribution in [-0.2, 0) is 18.3 Å². The highest BCUT2D eigenvalue weighted by Gasteiger charge is 2.09. The predicted octanol–water partition coefficient (Wildman–Crippen LogP) is 2.31. The average molecular weight is 283 g/mol. The number of benzene rings is 1. The Labute approximate surface area is 114 Å². The van der Waals surface area contributed by atoms with E-state index >= 15 is 0 Å². The number of halogens is 1. The molecule has 0 aliphatic rings. The smallest absolute Gasteiger partial charge is 0.232 e. The molecule has 0 unspecified atom stereocenters. The first kappa shape index (κ1) is 12.8. The Bertz CT molecular complexity index is 617. The number of aromatic nitrogens is 3. The second kappa shape index (κ2) is 5.32. The molecule has 0 spiro atoms. The van der Waals surface area contributed by atoms with Gasteiger partial charge in [0.2, 0.25) is 5.91 Å². The lowest BCUT2D eigenvalue weighted by molar-refractivity contribution is -0.115. The van der Waals surface area contributed by atoms with Crippen molar-refractivity contribution in [3.63, 3.8) is 0 Å². The Kier molecular flexibility index (Phi) is 3.78. The number of hydrogen-bond acceptors (Lipinski definition) is 3. The Morgan fingerprint density at radius 2 is 2.17 bits per heavy atom. The third kappa shape index (κ3) is 2.96. The lowest BCUT2D eigenvalue weighted by Gasteiger charge is -2.04. The van der Waals surface area contributed by atoms with Crippen LogP contribution in [-0.4, -0.2) is 20.7 Å². The van der Waals surface area contributed by atoms with Gasteiger partial charge >= 0.3 is 0 Å². The zero-order valence-electron chi connectivity index (χ0n) is 9.61. The first-order chi connectivity index (χ1) is 8.56. The molecule has 94 valence electrons. The quantitative estimate of drug-likeness (QED) is 0.849. The van der Waals surface area contributed by atoms with E-state index in [1.54, 1.807) is 35.9 Å². The van der Waals surface area contributed by atoms with Gasteiger partial charge in [-0.25, -0.2) is 0 Å². The van der Waals surface area contributed by atoms with Crippen LogP contribution in [0.15, 0.2) is 24.3 Å². The van der Waals surface area contributed by atoms with Crippen LogP contribution in [0.4, 0.5) is 5.69 Å². The topological polar surface area (TPSA) is 62.7 Å². The zero-order valence-corrected chi connectivity index (χ0v) is 11.2. The fourth-order valence-corrected chi connectivity index (χ4v) is 1.70. The SMILES string of the molecule is Cn1c(CC(=O)Nc2ccc(Cl)cc2)n[nH]c1=S. The van der Waals surface area contributed by atoms with Crippen LogP contribution in [0, 0.1) is 4.77 Å². The Balaban J connectivity index is 2.03. The molecule has 0 aliphatic heterocycles. The van der Waals surface area contributed by atoms with Gasteiger partial charge in [-0.15, -0.1) is 0 Å². The lowest BCUT2D eigenvalue weighted by atomic mass is 10.3. The van der Waals surface area contributed by atoms with Crippen LogP contribution >= 0.6 is 23.8 Å². The first-order valence-corrected chi connectivity index (χ1v) is 6.00. The molecule has 0 aliphatic carbocycles. The van der Waals surface area contributed by atoms with Crippen molar-refractivity contribution in [2.75, 3.05) is 5.32 Å². The fraction of sp³-hybridized carbons (Fsp3) is 0.182. The highest BCUT2D eigenvalue weighted by Crippen LogP contribution is 2.13. The second-order valence-corrected chi connectivity index (χ2v) is 4.56. The van der Waals surface area contributed by atoms with Crippen molar-refractivity contribution in [2.45, 2.75) is 6.42 Å². The van der Waals surface area contributed by atoms with E-state index < -0.39 is 0 Å². The summed E-state index contributed by atoms with van der Waals surface area (Å²) in [4.78, 5) is 11.8. The van der Waals surface area contributed by atoms with Gasteiger partial charge in [0.15, 0.2) is 4.77 Å². The molecule has 7 heteroatoms. The summed E-state index contributed by atoms with van der Waals surface area (Å²) in [6.07, 6.45) is 0.159. The Morgan fingerprint density at radius 3 is 2.72 bits per heavy atom. The maximum atomic E-state index is 11.8. The van der Waals surface area contributed by atoms with Gasteiger partial charge in [-0.1, -0.05) is 11.6 Å². The van der Waals surface area contributed by atoms with Crippen molar-refractivity contribution in [3.05, 3.63) is 39.9 Å². The number of nitrogens with one attached hydrogen (secondary N) is 2. The van der Waals surface area contributed by atoms with Crippen LogP contribution in [0.5, 0.6) is 0 Å². The molecule has 0 saturated heterocycles. The largest absolute Gasteiger partial charge is 0.326 e. The summed E-state index contributed by atoms with van der Waals surface area (Å²) in [5.74, 6) is 0.431. The molecule has 1 aromatic carbocycles. The molecule has 1 heterocycles. The lowest BCUT2D eigenvalue weighted by Crippen LogP contribution is -2.16. The van der Waals surface area contributed by atoms with Gasteiger partial charge in [-0.05, 0) is 36.5 Å². The summed E-state index contributed by atoms with van der Waals surface area (Å²) < 4.78 is 2.15. The number of anilines is 1. The van der Waals surface area contributed by atoms with Gasteiger partial charge in [-0.2, -0.15) is 5.10 Å². The third-order valence-electron chi connectivity index (χ3n) is 2.42. The van der Waals surface area contributed by atoms with Crippen molar-refractivity contribution >= 4 is 35.4 Å². The summed E-state index contributed by atoms with van der Waals surface area (Å²) in [5, 5.41) is 9.99. The summed E-state index contributed by atoms with van der Waals surface area (Å²) in [7, 11) is 1.76. The van der Waals surface area contributed by atoms with E-state index in [0.717, 1.165) is 0 Å². The van der Waals surface area contributed by atoms with Crippen LogP contribution in [0.3, 0.4) is 0 Å². The molecule has 2 aromatic rings. The van der Waals surface area contributed by atoms with Crippen molar-refractivity contribution in [3.8, 4) is 0 Å². The third-order valence-corrected chi connectivity index (χ3v) is 3.04. The van der Waals surface area contributed by atoms with Crippen molar-refractivity contribution in [2.24, 2.45) is 7.05 Å². The molecule has 2 rings (SSSR count). The molecule has 2 N–H and O–H groups in total. The van der Waals surface area contributed by atoms with E-state index in [9.17, 15) is 4.79 Å². The van der Waals surface area contributed by atoms with E-state index in [1.165, 1.54) is 0 Å². The minimum Gasteiger partial charge on any atom is -0.326 e. The molecule has 1 aromatic heterocycles. The molecular weight excluding hydrogens is 272 g/mol. The molecule has 0 saturated carbocycles. The van der Waals surface area contributed by atoms with Gasteiger partial charge in [0, 0.05) is 17.8 Å². The molecular formula is C11H11ClN4OS. The first-order valence-electron chi connectivity index (χ1n) is 5.22. The second-order valence-electron chi connectivity index (χ2n) is 3.74. The Hall–Kier alpha value is -1.66. The molecule has 0 radical (unpaired) electrons. The average Bonchev–Trinajstić information content (AvgIpc) is 2.64. The fourth-order valence-electron chi connectivity index (χ4n) is 1.42. The summed E-state index contributed by atoms with van der Waals surface area (Å²) in [6.45, 7) is 0. The van der Waals surface area contributed by atoms with Crippen LogP contribution in [0.2, 0.25) is 5.02 Å². The van der Waals surface area contributed by atoms with Gasteiger partial charge in [-0.3, -0.25) is 9.89 Å². The minimum absolute atomic E-state index is 0.158. The van der Waals surface area contributed by atoms with Crippen molar-refractivity contribution in [1.82, 2.24) is 14.8 Å². The summed E-state index contributed by atoms with van der Waals surface area (Å²) in [6, 6.07) is 6.91. The normalized spacial score (nSPS) is 10.3. The molecule has 18 heavy (non-hydrogen) atoms. The molecule has 5 nitrogen and oxygen atoms in total. The number of hydrogen-bond donors (Lipinski definition) is 2. The highest BCUT2D eigenvalue weighted by molar-refractivity contribution is 7.71. The van der Waals surface area contributed by atoms with Gasteiger partial charge in [0.05, 0.1) is 6.42 Å². The Morgan fingerprint density at radius 1 is 1.50 bits per heavy atom. The predicted molar refractivity (Wildman–Crippen MR) is 72.2 cm³/mol. The van der Waals surface area contributed by atoms with Crippen molar-refractivity contribution in [1.29, 1.82) is 0 Å². The zero-order chi connectivity index (χ0) is 13.1. The van der Waals surface area contributed by atoms with Crippen LogP contribution in [0.25, 0.3) is 0 Å². The van der Waals surface area contributed by atoms with E-state index in [-0.39, 0.29) is 12.3 Å². The molecule has 0 fully saturated rings. The maximum absolute atomic E-state index is 11.8. The summed E-state index contributed by atoms with van der Waals surface area (Å²) >= 11 is 10.7. The van der Waals surface area contributed by atoms with Crippen LogP contribution < -0.4 is 5.32 Å². The van der Waals surface area contributed by atoms with E-state index in [1.807, 2.05) is 0 Å².